The summed E-state index contributed by atoms with van der Waals surface area (Å²) >= 11 is 0. The molecule has 0 saturated carbocycles. The molecule has 2 aromatic heterocycles. The van der Waals surface area contributed by atoms with Gasteiger partial charge in [0.2, 0.25) is 6.41 Å². The highest BCUT2D eigenvalue weighted by Crippen LogP contribution is 2.33. The number of nitrogens with one attached hydrogen (secondary N) is 1. The number of hydrogen-bond acceptors (Lipinski definition) is 5. The molecular formula is C29H35N5O2. The Morgan fingerprint density at radius 1 is 1.08 bits per heavy atom. The lowest BCUT2D eigenvalue weighted by Crippen LogP contribution is -2.31. The lowest BCUT2D eigenvalue weighted by molar-refractivity contribution is -0.105. The van der Waals surface area contributed by atoms with Crippen LogP contribution in [-0.4, -0.2) is 62.0 Å². The standard InChI is InChI=1S/C20H23N3O.C9H12N2O/c1-22-11-6-8-16(14-22)19-18-10-3-4-12-23(18)20(21-19)15-7-5-9-17(13-15)24-2;1-11(2)9-5-3-8(4-6-9)10-7-12/h3-5,7,9-10,12-13,16H,6,8,11,14H2,1-2H3;3-7H,1-2H3,(H,10,12). The first-order chi connectivity index (χ1) is 17.5. The van der Waals surface area contributed by atoms with E-state index in [9.17, 15) is 4.79 Å². The molecule has 0 aliphatic carbocycles. The first-order valence-corrected chi connectivity index (χ1v) is 12.3. The average Bonchev–Trinajstić information content (AvgIpc) is 3.29. The summed E-state index contributed by atoms with van der Waals surface area (Å²) in [5, 5.41) is 2.57. The predicted octanol–water partition coefficient (Wildman–Crippen LogP) is 5.14. The van der Waals surface area contributed by atoms with Crippen LogP contribution in [0.5, 0.6) is 5.75 Å². The van der Waals surface area contributed by atoms with Crippen LogP contribution in [0.3, 0.4) is 0 Å². The topological polar surface area (TPSA) is 62.1 Å². The van der Waals surface area contributed by atoms with Crippen molar-refractivity contribution >= 4 is 23.3 Å². The van der Waals surface area contributed by atoms with E-state index in [2.05, 4.69) is 58.2 Å². The monoisotopic (exact) mass is 485 g/mol. The number of amides is 1. The van der Waals surface area contributed by atoms with Crippen LogP contribution >= 0.6 is 0 Å². The summed E-state index contributed by atoms with van der Waals surface area (Å²) in [4.78, 5) is 19.6. The Morgan fingerprint density at radius 2 is 1.89 bits per heavy atom. The van der Waals surface area contributed by atoms with E-state index in [-0.39, 0.29) is 0 Å². The van der Waals surface area contributed by atoms with Crippen molar-refractivity contribution in [2.75, 3.05) is 51.6 Å². The molecular weight excluding hydrogens is 450 g/mol. The molecule has 1 N–H and O–H groups in total. The number of carbonyl (C=O) groups excluding carboxylic acids is 1. The molecule has 4 aromatic rings. The fraction of sp³-hybridized carbons (Fsp3) is 0.310. The maximum absolute atomic E-state index is 10.1. The normalized spacial score (nSPS) is 15.6. The van der Waals surface area contributed by atoms with Gasteiger partial charge in [0.05, 0.1) is 18.3 Å². The van der Waals surface area contributed by atoms with Crippen LogP contribution in [0, 0.1) is 0 Å². The zero-order valence-electron chi connectivity index (χ0n) is 21.5. The molecule has 0 radical (unpaired) electrons. The van der Waals surface area contributed by atoms with Crippen molar-refractivity contribution in [3.63, 3.8) is 0 Å². The predicted molar refractivity (Wildman–Crippen MR) is 147 cm³/mol. The highest BCUT2D eigenvalue weighted by molar-refractivity contribution is 5.72. The first-order valence-electron chi connectivity index (χ1n) is 12.3. The molecule has 5 rings (SSSR count). The van der Waals surface area contributed by atoms with Crippen LogP contribution < -0.4 is 15.0 Å². The molecule has 7 nitrogen and oxygen atoms in total. The number of pyridine rings is 1. The smallest absolute Gasteiger partial charge is 0.211 e. The summed E-state index contributed by atoms with van der Waals surface area (Å²) in [5.74, 6) is 2.35. The molecule has 1 aliphatic heterocycles. The Bertz CT molecular complexity index is 1280. The molecule has 36 heavy (non-hydrogen) atoms. The second-order valence-electron chi connectivity index (χ2n) is 9.31. The van der Waals surface area contributed by atoms with E-state index in [0.717, 1.165) is 35.1 Å². The van der Waals surface area contributed by atoms with Gasteiger partial charge in [-0.3, -0.25) is 9.20 Å². The van der Waals surface area contributed by atoms with E-state index in [1.165, 1.54) is 30.6 Å². The number of carbonyl (C=O) groups is 1. The Kier molecular flexibility index (Phi) is 8.23. The molecule has 1 saturated heterocycles. The van der Waals surface area contributed by atoms with Crippen LogP contribution in [0.1, 0.15) is 24.5 Å². The SMILES string of the molecule is CN(C)c1ccc(NC=O)cc1.COc1cccc(-c2nc(C3CCCN(C)C3)c3ccccn23)c1. The number of likely N-dealkylation sites (tertiary alicyclic amines) is 1. The number of ether oxygens (including phenoxy) is 1. The van der Waals surface area contributed by atoms with Gasteiger partial charge in [0, 0.05) is 49.7 Å². The lowest BCUT2D eigenvalue weighted by Gasteiger charge is -2.28. The van der Waals surface area contributed by atoms with E-state index < -0.39 is 0 Å². The van der Waals surface area contributed by atoms with Crippen LogP contribution in [-0.2, 0) is 4.79 Å². The third-order valence-corrected chi connectivity index (χ3v) is 6.53. The third-order valence-electron chi connectivity index (χ3n) is 6.53. The molecule has 7 heteroatoms. The number of piperidine rings is 1. The second-order valence-corrected chi connectivity index (χ2v) is 9.31. The van der Waals surface area contributed by atoms with Crippen LogP contribution in [0.25, 0.3) is 16.9 Å². The third kappa shape index (κ3) is 5.86. The van der Waals surface area contributed by atoms with Gasteiger partial charge in [0.1, 0.15) is 11.6 Å². The van der Waals surface area contributed by atoms with Crippen molar-refractivity contribution in [3.8, 4) is 17.1 Å². The van der Waals surface area contributed by atoms with Crippen LogP contribution in [0.2, 0.25) is 0 Å². The Labute approximate surface area is 213 Å². The van der Waals surface area contributed by atoms with Crippen molar-refractivity contribution in [2.45, 2.75) is 18.8 Å². The van der Waals surface area contributed by atoms with E-state index >= 15 is 0 Å². The molecule has 1 atom stereocenters. The number of benzene rings is 2. The molecule has 1 unspecified atom stereocenters. The molecule has 0 spiro atoms. The Morgan fingerprint density at radius 3 is 2.58 bits per heavy atom. The molecule has 1 amide bonds. The van der Waals surface area contributed by atoms with Gasteiger partial charge in [-0.1, -0.05) is 18.2 Å². The molecule has 188 valence electrons. The number of methoxy groups -OCH3 is 1. The van der Waals surface area contributed by atoms with Gasteiger partial charge in [-0.05, 0) is 75.0 Å². The number of hydrogen-bond donors (Lipinski definition) is 1. The summed E-state index contributed by atoms with van der Waals surface area (Å²) in [6.07, 6.45) is 5.23. The lowest BCUT2D eigenvalue weighted by atomic mass is 9.94. The molecule has 2 aromatic carbocycles. The Balaban J connectivity index is 0.000000214. The average molecular weight is 486 g/mol. The fourth-order valence-electron chi connectivity index (χ4n) is 4.64. The number of likely N-dealkylation sites (N-methyl/N-ethyl adjacent to an activating group) is 1. The molecule has 1 aliphatic rings. The summed E-state index contributed by atoms with van der Waals surface area (Å²) < 4.78 is 7.59. The minimum atomic E-state index is 0.500. The second kappa shape index (κ2) is 11.7. The van der Waals surface area contributed by atoms with Gasteiger partial charge in [-0.2, -0.15) is 0 Å². The highest BCUT2D eigenvalue weighted by Gasteiger charge is 2.24. The maximum atomic E-state index is 10.1. The van der Waals surface area contributed by atoms with Gasteiger partial charge in [-0.15, -0.1) is 0 Å². The van der Waals surface area contributed by atoms with Crippen LogP contribution in [0.4, 0.5) is 11.4 Å². The van der Waals surface area contributed by atoms with Crippen molar-refractivity contribution in [1.82, 2.24) is 14.3 Å². The van der Waals surface area contributed by atoms with Gasteiger partial charge in [0.25, 0.3) is 0 Å². The fourth-order valence-corrected chi connectivity index (χ4v) is 4.64. The quantitative estimate of drug-likeness (QED) is 0.383. The maximum Gasteiger partial charge on any atom is 0.211 e. The summed E-state index contributed by atoms with van der Waals surface area (Å²) in [6.45, 7) is 2.27. The van der Waals surface area contributed by atoms with Gasteiger partial charge in [-0.25, -0.2) is 4.98 Å². The number of nitrogens with zero attached hydrogens (tertiary/aromatic N) is 4. The van der Waals surface area contributed by atoms with E-state index in [4.69, 9.17) is 9.72 Å². The zero-order valence-corrected chi connectivity index (χ0v) is 21.5. The van der Waals surface area contributed by atoms with Crippen LogP contribution in [0.15, 0.2) is 72.9 Å². The van der Waals surface area contributed by atoms with Crippen molar-refractivity contribution in [2.24, 2.45) is 0 Å². The van der Waals surface area contributed by atoms with Gasteiger partial charge >= 0.3 is 0 Å². The number of imidazole rings is 1. The minimum absolute atomic E-state index is 0.500. The van der Waals surface area contributed by atoms with E-state index in [0.29, 0.717) is 12.3 Å². The minimum Gasteiger partial charge on any atom is -0.497 e. The summed E-state index contributed by atoms with van der Waals surface area (Å²) in [7, 11) is 7.85. The number of rotatable bonds is 6. The van der Waals surface area contributed by atoms with Gasteiger partial charge in [0.15, 0.2) is 0 Å². The summed E-state index contributed by atoms with van der Waals surface area (Å²) in [6, 6.07) is 22.1. The van der Waals surface area contributed by atoms with E-state index in [1.807, 2.05) is 55.4 Å². The Hall–Kier alpha value is -3.84. The molecule has 1 fully saturated rings. The molecule has 0 bridgehead atoms. The van der Waals surface area contributed by atoms with Crippen molar-refractivity contribution in [3.05, 3.63) is 78.6 Å². The van der Waals surface area contributed by atoms with E-state index in [1.54, 1.807) is 7.11 Å². The number of fused-ring (bicyclic) bond motifs is 1. The summed E-state index contributed by atoms with van der Waals surface area (Å²) in [5.41, 5.74) is 5.46. The van der Waals surface area contributed by atoms with Gasteiger partial charge < -0.3 is 19.9 Å². The van der Waals surface area contributed by atoms with Crippen molar-refractivity contribution in [1.29, 1.82) is 0 Å². The van der Waals surface area contributed by atoms with Crippen molar-refractivity contribution < 1.29 is 9.53 Å². The number of aromatic nitrogens is 2. The number of anilines is 2. The zero-order chi connectivity index (χ0) is 25.5. The highest BCUT2D eigenvalue weighted by atomic mass is 16.5. The molecule has 3 heterocycles. The largest absolute Gasteiger partial charge is 0.497 e. The first kappa shape index (κ1) is 25.3.